The van der Waals surface area contributed by atoms with Crippen LogP contribution < -0.4 is 14.8 Å². The summed E-state index contributed by atoms with van der Waals surface area (Å²) in [7, 11) is 3.23. The van der Waals surface area contributed by atoms with Gasteiger partial charge in [0.1, 0.15) is 17.5 Å². The van der Waals surface area contributed by atoms with Crippen LogP contribution in [0.1, 0.15) is 22.3 Å². The zero-order chi connectivity index (χ0) is 27.5. The fraction of sp³-hybridized carbons (Fsp3) is 0.212. The van der Waals surface area contributed by atoms with Crippen LogP contribution in [-0.4, -0.2) is 37.0 Å². The minimum Gasteiger partial charge on any atom is -0.497 e. The highest BCUT2D eigenvalue weighted by atomic mass is 16.5. The Kier molecular flexibility index (Phi) is 9.73. The van der Waals surface area contributed by atoms with Gasteiger partial charge in [0, 0.05) is 25.1 Å². The molecule has 0 unspecified atom stereocenters. The maximum Gasteiger partial charge on any atom is 0.243 e. The molecule has 1 N–H and O–H groups in total. The topological polar surface area (TPSA) is 67.9 Å². The number of hydrogen-bond acceptors (Lipinski definition) is 4. The van der Waals surface area contributed by atoms with Crippen molar-refractivity contribution < 1.29 is 19.1 Å². The van der Waals surface area contributed by atoms with Crippen LogP contribution in [0, 0.1) is 0 Å². The van der Waals surface area contributed by atoms with Crippen LogP contribution >= 0.6 is 0 Å². The van der Waals surface area contributed by atoms with E-state index in [0.717, 1.165) is 28.0 Å². The fourth-order valence-electron chi connectivity index (χ4n) is 4.50. The molecule has 4 aromatic rings. The molecule has 0 saturated heterocycles. The third kappa shape index (κ3) is 7.71. The van der Waals surface area contributed by atoms with Gasteiger partial charge in [-0.15, -0.1) is 0 Å². The van der Waals surface area contributed by atoms with E-state index in [-0.39, 0.29) is 31.3 Å². The number of rotatable bonds is 12. The first-order valence-electron chi connectivity index (χ1n) is 13.0. The second-order valence-corrected chi connectivity index (χ2v) is 9.27. The van der Waals surface area contributed by atoms with Gasteiger partial charge in [-0.25, -0.2) is 0 Å². The lowest BCUT2D eigenvalue weighted by Crippen LogP contribution is -2.50. The van der Waals surface area contributed by atoms with Crippen molar-refractivity contribution in [3.63, 3.8) is 0 Å². The van der Waals surface area contributed by atoms with Gasteiger partial charge >= 0.3 is 0 Å². The zero-order valence-electron chi connectivity index (χ0n) is 22.4. The third-order valence-corrected chi connectivity index (χ3v) is 6.63. The van der Waals surface area contributed by atoms with E-state index in [9.17, 15) is 9.59 Å². The average molecular weight is 523 g/mol. The number of methoxy groups -OCH3 is 2. The van der Waals surface area contributed by atoms with Crippen LogP contribution in [0.3, 0.4) is 0 Å². The number of nitrogens with one attached hydrogen (secondary N) is 1. The van der Waals surface area contributed by atoms with Gasteiger partial charge in [0.25, 0.3) is 0 Å². The molecule has 1 atom stereocenters. The first kappa shape index (κ1) is 27.5. The standard InChI is InChI=1S/C33H34N2O4/c1-38-29-19-17-27(18-20-29)24-35(32(36)22-26-13-7-4-8-14-26)30(21-25-11-5-3-6-12-25)33(37)34-23-28-15-9-10-16-31(28)39-2/h3-20,30H,21-24H2,1-2H3,(H,34,37)/t30-/m1/s1. The smallest absolute Gasteiger partial charge is 0.243 e. The van der Waals surface area contributed by atoms with E-state index < -0.39 is 6.04 Å². The largest absolute Gasteiger partial charge is 0.497 e. The van der Waals surface area contributed by atoms with Crippen LogP contribution in [0.2, 0.25) is 0 Å². The van der Waals surface area contributed by atoms with Gasteiger partial charge in [0.2, 0.25) is 11.8 Å². The molecule has 0 saturated carbocycles. The Morgan fingerprint density at radius 2 is 1.33 bits per heavy atom. The predicted molar refractivity (Wildman–Crippen MR) is 152 cm³/mol. The summed E-state index contributed by atoms with van der Waals surface area (Å²) in [6.07, 6.45) is 0.581. The lowest BCUT2D eigenvalue weighted by molar-refractivity contribution is -0.140. The molecule has 0 radical (unpaired) electrons. The van der Waals surface area contributed by atoms with Crippen LogP contribution in [-0.2, 0) is 35.5 Å². The molecule has 4 aromatic carbocycles. The van der Waals surface area contributed by atoms with E-state index in [1.165, 1.54) is 0 Å². The number of nitrogens with zero attached hydrogens (tertiary/aromatic N) is 1. The number of carbonyl (C=O) groups excluding carboxylic acids is 2. The predicted octanol–water partition coefficient (Wildman–Crippen LogP) is 5.20. The first-order valence-corrected chi connectivity index (χ1v) is 13.0. The monoisotopic (exact) mass is 522 g/mol. The van der Waals surface area contributed by atoms with Gasteiger partial charge in [-0.2, -0.15) is 0 Å². The second-order valence-electron chi connectivity index (χ2n) is 9.27. The lowest BCUT2D eigenvalue weighted by atomic mass is 10.0. The molecular formula is C33H34N2O4. The Balaban J connectivity index is 1.65. The number of amides is 2. The number of benzene rings is 4. The van der Waals surface area contributed by atoms with Crippen LogP contribution in [0.25, 0.3) is 0 Å². The highest BCUT2D eigenvalue weighted by Gasteiger charge is 2.30. The summed E-state index contributed by atoms with van der Waals surface area (Å²) < 4.78 is 10.8. The normalized spacial score (nSPS) is 11.3. The average Bonchev–Trinajstić information content (AvgIpc) is 2.99. The summed E-state index contributed by atoms with van der Waals surface area (Å²) in [5.41, 5.74) is 3.65. The molecule has 200 valence electrons. The van der Waals surface area contributed by atoms with Crippen LogP contribution in [0.15, 0.2) is 109 Å². The van der Waals surface area contributed by atoms with E-state index >= 15 is 0 Å². The van der Waals surface area contributed by atoms with Gasteiger partial charge in [0.05, 0.1) is 20.6 Å². The highest BCUT2D eigenvalue weighted by molar-refractivity contribution is 5.88. The Hall–Kier alpha value is -4.58. The summed E-state index contributed by atoms with van der Waals surface area (Å²) >= 11 is 0. The molecular weight excluding hydrogens is 488 g/mol. The summed E-state index contributed by atoms with van der Waals surface area (Å²) in [5, 5.41) is 3.06. The highest BCUT2D eigenvalue weighted by Crippen LogP contribution is 2.20. The number of para-hydroxylation sites is 1. The maximum absolute atomic E-state index is 13.9. The van der Waals surface area contributed by atoms with Crippen molar-refractivity contribution in [2.45, 2.75) is 32.0 Å². The molecule has 0 aliphatic rings. The SMILES string of the molecule is COc1ccc(CN(C(=O)Cc2ccccc2)[C@H](Cc2ccccc2)C(=O)NCc2ccccc2OC)cc1. The molecule has 0 aromatic heterocycles. The van der Waals surface area contributed by atoms with Gasteiger partial charge in [0.15, 0.2) is 0 Å². The zero-order valence-corrected chi connectivity index (χ0v) is 22.4. The summed E-state index contributed by atoms with van der Waals surface area (Å²) in [5.74, 6) is 1.09. The molecule has 4 rings (SSSR count). The second kappa shape index (κ2) is 13.8. The Morgan fingerprint density at radius 3 is 1.97 bits per heavy atom. The number of carbonyl (C=O) groups is 2. The maximum atomic E-state index is 13.9. The van der Waals surface area contributed by atoms with Crippen molar-refractivity contribution in [3.05, 3.63) is 131 Å². The van der Waals surface area contributed by atoms with E-state index in [4.69, 9.17) is 9.47 Å². The Bertz CT molecular complexity index is 1340. The van der Waals surface area contributed by atoms with Gasteiger partial charge in [-0.1, -0.05) is 91.0 Å². The molecule has 6 nitrogen and oxygen atoms in total. The molecule has 6 heteroatoms. The Labute approximate surface area is 230 Å². The van der Waals surface area contributed by atoms with Crippen molar-refractivity contribution >= 4 is 11.8 Å². The lowest BCUT2D eigenvalue weighted by Gasteiger charge is -2.32. The molecule has 39 heavy (non-hydrogen) atoms. The summed E-state index contributed by atoms with van der Waals surface area (Å²) in [6, 6.07) is 33.8. The van der Waals surface area contributed by atoms with E-state index in [2.05, 4.69) is 5.32 Å². The molecule has 2 amide bonds. The summed E-state index contributed by atoms with van der Waals surface area (Å²) in [6.45, 7) is 0.576. The Morgan fingerprint density at radius 1 is 0.718 bits per heavy atom. The molecule has 0 bridgehead atoms. The van der Waals surface area contributed by atoms with Gasteiger partial charge in [-0.05, 0) is 34.9 Å². The number of hydrogen-bond donors (Lipinski definition) is 1. The minimum absolute atomic E-state index is 0.120. The van der Waals surface area contributed by atoms with Gasteiger partial charge < -0.3 is 19.7 Å². The van der Waals surface area contributed by atoms with Crippen LogP contribution in [0.4, 0.5) is 0 Å². The number of ether oxygens (including phenoxy) is 2. The third-order valence-electron chi connectivity index (χ3n) is 6.63. The van der Waals surface area contributed by atoms with Crippen molar-refractivity contribution in [1.29, 1.82) is 0 Å². The molecule has 0 spiro atoms. The molecule has 0 aliphatic heterocycles. The molecule has 0 fully saturated rings. The van der Waals surface area contributed by atoms with Crippen molar-refractivity contribution in [2.75, 3.05) is 14.2 Å². The van der Waals surface area contributed by atoms with E-state index in [1.54, 1.807) is 19.1 Å². The first-order chi connectivity index (χ1) is 19.1. The van der Waals surface area contributed by atoms with E-state index in [0.29, 0.717) is 12.2 Å². The summed E-state index contributed by atoms with van der Waals surface area (Å²) in [4.78, 5) is 29.4. The molecule has 0 heterocycles. The minimum atomic E-state index is -0.722. The fourth-order valence-corrected chi connectivity index (χ4v) is 4.50. The van der Waals surface area contributed by atoms with E-state index in [1.807, 2.05) is 109 Å². The molecule has 0 aliphatic carbocycles. The van der Waals surface area contributed by atoms with Crippen LogP contribution in [0.5, 0.6) is 11.5 Å². The van der Waals surface area contributed by atoms with Crippen molar-refractivity contribution in [2.24, 2.45) is 0 Å². The quantitative estimate of drug-likeness (QED) is 0.278. The van der Waals surface area contributed by atoms with Crippen molar-refractivity contribution in [1.82, 2.24) is 10.2 Å². The van der Waals surface area contributed by atoms with Crippen molar-refractivity contribution in [3.8, 4) is 11.5 Å². The van der Waals surface area contributed by atoms with Gasteiger partial charge in [-0.3, -0.25) is 9.59 Å².